The van der Waals surface area contributed by atoms with E-state index >= 15 is 0 Å². The number of nitrogens with zero attached hydrogens (tertiary/aromatic N) is 1. The number of amides is 2. The first-order valence-electron chi connectivity index (χ1n) is 9.60. The molecule has 0 saturated carbocycles. The molecule has 0 aromatic heterocycles. The second kappa shape index (κ2) is 9.45. The fourth-order valence-electron chi connectivity index (χ4n) is 2.55. The molecule has 0 bridgehead atoms. The lowest BCUT2D eigenvalue weighted by Crippen LogP contribution is -2.35. The summed E-state index contributed by atoms with van der Waals surface area (Å²) in [5.74, 6) is 0. The van der Waals surface area contributed by atoms with E-state index in [0.29, 0.717) is 5.69 Å². The number of ether oxygens (including phenoxy) is 2. The monoisotopic (exact) mass is 398 g/mol. The van der Waals surface area contributed by atoms with Gasteiger partial charge in [-0.25, -0.2) is 9.59 Å². The van der Waals surface area contributed by atoms with E-state index in [4.69, 9.17) is 9.47 Å². The Morgan fingerprint density at radius 2 is 1.62 bits per heavy atom. The molecule has 1 unspecified atom stereocenters. The minimum absolute atomic E-state index is 0.174. The van der Waals surface area contributed by atoms with E-state index in [2.05, 4.69) is 5.32 Å². The molecule has 1 atom stereocenters. The number of hydrogen-bond acceptors (Lipinski definition) is 4. The summed E-state index contributed by atoms with van der Waals surface area (Å²) in [7, 11) is 1.70. The van der Waals surface area contributed by atoms with Crippen molar-refractivity contribution in [3.05, 3.63) is 65.2 Å². The molecule has 0 spiro atoms. The maximum absolute atomic E-state index is 12.2. The number of benzene rings is 2. The van der Waals surface area contributed by atoms with Gasteiger partial charge >= 0.3 is 12.2 Å². The Labute approximate surface area is 172 Å². The highest BCUT2D eigenvalue weighted by molar-refractivity contribution is 5.84. The Morgan fingerprint density at radius 3 is 2.17 bits per heavy atom. The van der Waals surface area contributed by atoms with Gasteiger partial charge in [0.1, 0.15) is 12.2 Å². The second-order valence-corrected chi connectivity index (χ2v) is 8.08. The molecule has 1 N–H and O–H groups in total. The fraction of sp³-hybridized carbons (Fsp3) is 0.391. The number of rotatable bonds is 5. The summed E-state index contributed by atoms with van der Waals surface area (Å²) in [6.07, 6.45) is -0.899. The summed E-state index contributed by atoms with van der Waals surface area (Å²) in [5, 5.41) is 2.71. The highest BCUT2D eigenvalue weighted by Crippen LogP contribution is 2.23. The number of carbonyl (C=O) groups excluding carboxylic acids is 2. The SMILES string of the molecule is Cc1ccc(COC(=O)Nc2ccc(C(C)N(C)C(=O)OC(C)(C)C)cc2)cc1. The molecule has 0 heterocycles. The van der Waals surface area contributed by atoms with E-state index in [1.54, 1.807) is 24.1 Å². The van der Waals surface area contributed by atoms with E-state index in [1.165, 1.54) is 0 Å². The molecule has 156 valence electrons. The second-order valence-electron chi connectivity index (χ2n) is 8.08. The summed E-state index contributed by atoms with van der Waals surface area (Å²) in [5.41, 5.74) is 3.09. The van der Waals surface area contributed by atoms with Crippen LogP contribution in [0.15, 0.2) is 48.5 Å². The van der Waals surface area contributed by atoms with Gasteiger partial charge in [-0.15, -0.1) is 0 Å². The molecule has 2 aromatic rings. The zero-order chi connectivity index (χ0) is 21.6. The molecule has 0 aliphatic carbocycles. The van der Waals surface area contributed by atoms with Crippen molar-refractivity contribution in [3.63, 3.8) is 0 Å². The Morgan fingerprint density at radius 1 is 1.03 bits per heavy atom. The topological polar surface area (TPSA) is 67.9 Å². The summed E-state index contributed by atoms with van der Waals surface area (Å²) in [6, 6.07) is 14.9. The van der Waals surface area contributed by atoms with Crippen LogP contribution in [0.1, 0.15) is 50.4 Å². The lowest BCUT2D eigenvalue weighted by atomic mass is 10.1. The number of hydrogen-bond donors (Lipinski definition) is 1. The predicted molar refractivity (Wildman–Crippen MR) is 114 cm³/mol. The Hall–Kier alpha value is -3.02. The summed E-state index contributed by atoms with van der Waals surface area (Å²) in [4.78, 5) is 25.8. The molecule has 29 heavy (non-hydrogen) atoms. The van der Waals surface area contributed by atoms with Crippen LogP contribution in [0.25, 0.3) is 0 Å². The van der Waals surface area contributed by atoms with Crippen LogP contribution in [-0.2, 0) is 16.1 Å². The highest BCUT2D eigenvalue weighted by Gasteiger charge is 2.23. The van der Waals surface area contributed by atoms with Gasteiger partial charge in [-0.2, -0.15) is 0 Å². The van der Waals surface area contributed by atoms with E-state index < -0.39 is 11.7 Å². The maximum Gasteiger partial charge on any atom is 0.411 e. The Kier molecular flexibility index (Phi) is 7.26. The first-order valence-corrected chi connectivity index (χ1v) is 9.60. The Balaban J connectivity index is 1.89. The van der Waals surface area contributed by atoms with Crippen LogP contribution in [0.3, 0.4) is 0 Å². The van der Waals surface area contributed by atoms with E-state index in [9.17, 15) is 9.59 Å². The van der Waals surface area contributed by atoms with Crippen LogP contribution >= 0.6 is 0 Å². The maximum atomic E-state index is 12.2. The van der Waals surface area contributed by atoms with Gasteiger partial charge in [0.25, 0.3) is 0 Å². The largest absolute Gasteiger partial charge is 0.444 e. The van der Waals surface area contributed by atoms with Gasteiger partial charge in [0, 0.05) is 12.7 Å². The molecule has 6 nitrogen and oxygen atoms in total. The third-order valence-electron chi connectivity index (χ3n) is 4.39. The molecule has 0 radical (unpaired) electrons. The lowest BCUT2D eigenvalue weighted by molar-refractivity contribution is 0.0234. The van der Waals surface area contributed by atoms with Crippen molar-refractivity contribution in [2.75, 3.05) is 12.4 Å². The lowest BCUT2D eigenvalue weighted by Gasteiger charge is -2.29. The minimum atomic E-state index is -0.544. The van der Waals surface area contributed by atoms with Crippen molar-refractivity contribution in [2.45, 2.75) is 52.9 Å². The molecule has 2 amide bonds. The quantitative estimate of drug-likeness (QED) is 0.704. The van der Waals surface area contributed by atoms with Gasteiger partial charge in [-0.3, -0.25) is 5.32 Å². The molecule has 0 saturated heterocycles. The van der Waals surface area contributed by atoms with Crippen LogP contribution < -0.4 is 5.32 Å². The molecular formula is C23H30N2O4. The van der Waals surface area contributed by atoms with Crippen molar-refractivity contribution in [1.29, 1.82) is 0 Å². The van der Waals surface area contributed by atoms with Crippen LogP contribution in [0.5, 0.6) is 0 Å². The van der Waals surface area contributed by atoms with E-state index in [1.807, 2.05) is 71.0 Å². The first kappa shape index (κ1) is 22.3. The van der Waals surface area contributed by atoms with Gasteiger partial charge in [0.15, 0.2) is 0 Å². The summed E-state index contributed by atoms with van der Waals surface area (Å²) < 4.78 is 10.6. The Bertz CT molecular complexity index is 823. The van der Waals surface area contributed by atoms with Crippen LogP contribution in [0.2, 0.25) is 0 Å². The fourth-order valence-corrected chi connectivity index (χ4v) is 2.55. The normalized spacial score (nSPS) is 12.1. The average Bonchev–Trinajstić information content (AvgIpc) is 2.65. The van der Waals surface area contributed by atoms with Crippen molar-refractivity contribution < 1.29 is 19.1 Å². The number of anilines is 1. The molecule has 6 heteroatoms. The molecular weight excluding hydrogens is 368 g/mol. The number of nitrogens with one attached hydrogen (secondary N) is 1. The molecule has 0 aliphatic rings. The third-order valence-corrected chi connectivity index (χ3v) is 4.39. The van der Waals surface area contributed by atoms with Gasteiger partial charge in [-0.1, -0.05) is 42.0 Å². The number of aryl methyl sites for hydroxylation is 1. The summed E-state index contributed by atoms with van der Waals surface area (Å²) in [6.45, 7) is 9.64. The average molecular weight is 399 g/mol. The van der Waals surface area contributed by atoms with Crippen LogP contribution in [0, 0.1) is 6.92 Å². The van der Waals surface area contributed by atoms with Crippen molar-refractivity contribution >= 4 is 17.9 Å². The highest BCUT2D eigenvalue weighted by atomic mass is 16.6. The van der Waals surface area contributed by atoms with E-state index in [0.717, 1.165) is 16.7 Å². The van der Waals surface area contributed by atoms with Crippen molar-refractivity contribution in [1.82, 2.24) is 4.90 Å². The molecule has 0 aliphatic heterocycles. The molecule has 2 rings (SSSR count). The van der Waals surface area contributed by atoms with Crippen molar-refractivity contribution in [3.8, 4) is 0 Å². The third kappa shape index (κ3) is 7.14. The van der Waals surface area contributed by atoms with Gasteiger partial charge in [0.05, 0.1) is 6.04 Å². The predicted octanol–water partition coefficient (Wildman–Crippen LogP) is 5.67. The van der Waals surface area contributed by atoms with Crippen LogP contribution in [0.4, 0.5) is 15.3 Å². The van der Waals surface area contributed by atoms with E-state index in [-0.39, 0.29) is 18.7 Å². The number of carbonyl (C=O) groups is 2. The first-order chi connectivity index (χ1) is 13.5. The zero-order valence-electron chi connectivity index (χ0n) is 18.0. The molecule has 0 fully saturated rings. The van der Waals surface area contributed by atoms with Gasteiger partial charge in [0.2, 0.25) is 0 Å². The zero-order valence-corrected chi connectivity index (χ0v) is 18.0. The summed E-state index contributed by atoms with van der Waals surface area (Å²) >= 11 is 0. The van der Waals surface area contributed by atoms with Gasteiger partial charge < -0.3 is 14.4 Å². The van der Waals surface area contributed by atoms with Crippen molar-refractivity contribution in [2.24, 2.45) is 0 Å². The smallest absolute Gasteiger partial charge is 0.411 e. The standard InChI is InChI=1S/C23H30N2O4/c1-16-7-9-18(10-8-16)15-28-21(26)24-20-13-11-19(12-14-20)17(2)25(6)22(27)29-23(3,4)5/h7-14,17H,15H2,1-6H3,(H,24,26). The van der Waals surface area contributed by atoms with Gasteiger partial charge in [-0.05, 0) is 57.9 Å². The molecule has 2 aromatic carbocycles. The minimum Gasteiger partial charge on any atom is -0.444 e. The van der Waals surface area contributed by atoms with Crippen LogP contribution in [-0.4, -0.2) is 29.7 Å².